The summed E-state index contributed by atoms with van der Waals surface area (Å²) >= 11 is 0. The quantitative estimate of drug-likeness (QED) is 0.563. The number of hydrazone groups is 1. The summed E-state index contributed by atoms with van der Waals surface area (Å²) in [4.78, 5) is 0. The maximum Gasteiger partial charge on any atom is 1.00 e. The molecule has 19 heavy (non-hydrogen) atoms. The second-order valence-electron chi connectivity index (χ2n) is 4.54. The predicted molar refractivity (Wildman–Crippen MR) is 64.0 cm³/mol. The number of nitrogens with zero attached hydrogens (tertiary/aromatic N) is 2. The molecule has 0 spiro atoms. The summed E-state index contributed by atoms with van der Waals surface area (Å²) in [5.41, 5.74) is 1.47. The molecule has 0 aromatic carbocycles. The van der Waals surface area contributed by atoms with Crippen LogP contribution in [0.15, 0.2) is 5.10 Å². The summed E-state index contributed by atoms with van der Waals surface area (Å²) in [5, 5.41) is 12.1. The van der Waals surface area contributed by atoms with Crippen LogP contribution in [0.4, 0.5) is 13.2 Å². The molecule has 0 aromatic heterocycles. The molecule has 2 unspecified atom stereocenters. The van der Waals surface area contributed by atoms with Crippen molar-refractivity contribution in [1.29, 1.82) is 5.26 Å². The van der Waals surface area contributed by atoms with Crippen molar-refractivity contribution in [2.75, 3.05) is 0 Å². The molecule has 3 nitrogen and oxygen atoms in total. The number of rotatable bonds is 6. The SMILES string of the molecule is CCCCCCCC1NN=C(C(F)(F)F)C1C#N.[H-].[Li+]. The minimum Gasteiger partial charge on any atom is -1.00 e. The van der Waals surface area contributed by atoms with Crippen molar-refractivity contribution in [2.45, 2.75) is 57.7 Å². The number of alkyl halides is 3. The van der Waals surface area contributed by atoms with Crippen molar-refractivity contribution < 1.29 is 33.5 Å². The van der Waals surface area contributed by atoms with Gasteiger partial charge in [0.1, 0.15) is 5.92 Å². The Bertz CT molecular complexity index is 342. The number of unbranched alkanes of at least 4 members (excludes halogenated alkanes) is 4. The Labute approximate surface area is 125 Å². The van der Waals surface area contributed by atoms with Gasteiger partial charge in [0.05, 0.1) is 12.1 Å². The molecule has 0 saturated carbocycles. The van der Waals surface area contributed by atoms with Crippen LogP contribution in [0, 0.1) is 17.2 Å². The smallest absolute Gasteiger partial charge is 1.00 e. The van der Waals surface area contributed by atoms with Gasteiger partial charge in [0, 0.05) is 0 Å². The van der Waals surface area contributed by atoms with Gasteiger partial charge in [-0.1, -0.05) is 39.0 Å². The van der Waals surface area contributed by atoms with E-state index >= 15 is 0 Å². The van der Waals surface area contributed by atoms with E-state index in [2.05, 4.69) is 17.5 Å². The molecule has 7 heteroatoms. The van der Waals surface area contributed by atoms with Crippen molar-refractivity contribution in [3.63, 3.8) is 0 Å². The van der Waals surface area contributed by atoms with Crippen molar-refractivity contribution in [3.05, 3.63) is 0 Å². The van der Waals surface area contributed by atoms with E-state index in [0.29, 0.717) is 6.42 Å². The summed E-state index contributed by atoms with van der Waals surface area (Å²) < 4.78 is 37.6. The number of nitriles is 1. The minimum atomic E-state index is -4.51. The van der Waals surface area contributed by atoms with Gasteiger partial charge in [0.2, 0.25) is 0 Å². The van der Waals surface area contributed by atoms with Crippen LogP contribution in [0.2, 0.25) is 0 Å². The van der Waals surface area contributed by atoms with Crippen molar-refractivity contribution in [2.24, 2.45) is 11.0 Å². The first-order valence-corrected chi connectivity index (χ1v) is 6.30. The first-order chi connectivity index (χ1) is 8.50. The maximum atomic E-state index is 12.5. The molecule has 1 rings (SSSR count). The topological polar surface area (TPSA) is 48.2 Å². The summed E-state index contributed by atoms with van der Waals surface area (Å²) in [7, 11) is 0. The van der Waals surface area contributed by atoms with Gasteiger partial charge in [-0.05, 0) is 6.42 Å². The van der Waals surface area contributed by atoms with Crippen LogP contribution >= 0.6 is 0 Å². The maximum absolute atomic E-state index is 12.5. The van der Waals surface area contributed by atoms with Gasteiger partial charge in [0.25, 0.3) is 0 Å². The minimum absolute atomic E-state index is 0. The van der Waals surface area contributed by atoms with E-state index in [1.807, 2.05) is 0 Å². The number of hydrogen-bond donors (Lipinski definition) is 1. The van der Waals surface area contributed by atoms with E-state index in [1.54, 1.807) is 6.07 Å². The van der Waals surface area contributed by atoms with Gasteiger partial charge in [0.15, 0.2) is 5.71 Å². The van der Waals surface area contributed by atoms with E-state index < -0.39 is 23.8 Å². The van der Waals surface area contributed by atoms with E-state index in [4.69, 9.17) is 5.26 Å². The van der Waals surface area contributed by atoms with Gasteiger partial charge < -0.3 is 6.85 Å². The molecular weight excluding hydrogens is 250 g/mol. The zero-order chi connectivity index (χ0) is 13.6. The molecule has 0 fully saturated rings. The Hall–Kier alpha value is -0.653. The van der Waals surface area contributed by atoms with Gasteiger partial charge in [-0.25, -0.2) is 0 Å². The molecule has 0 amide bonds. The van der Waals surface area contributed by atoms with Crippen LogP contribution in [-0.2, 0) is 0 Å². The summed E-state index contributed by atoms with van der Waals surface area (Å²) in [5.74, 6) is -1.17. The van der Waals surface area contributed by atoms with Crippen LogP contribution in [0.1, 0.15) is 46.9 Å². The summed E-state index contributed by atoms with van der Waals surface area (Å²) in [6.45, 7) is 2.10. The normalized spacial score (nSPS) is 22.2. The first-order valence-electron chi connectivity index (χ1n) is 6.30. The second-order valence-corrected chi connectivity index (χ2v) is 4.54. The van der Waals surface area contributed by atoms with Crippen molar-refractivity contribution >= 4 is 5.71 Å². The molecule has 1 aliphatic rings. The Morgan fingerprint density at radius 3 is 2.47 bits per heavy atom. The molecule has 104 valence electrons. The molecule has 0 radical (unpaired) electrons. The molecule has 0 aromatic rings. The van der Waals surface area contributed by atoms with Crippen LogP contribution in [0.3, 0.4) is 0 Å². The Morgan fingerprint density at radius 1 is 1.32 bits per heavy atom. The third-order valence-corrected chi connectivity index (χ3v) is 3.10. The Kier molecular flexibility index (Phi) is 8.21. The largest absolute Gasteiger partial charge is 1.00 e. The molecule has 0 aliphatic carbocycles. The third kappa shape index (κ3) is 5.46. The second kappa shape index (κ2) is 8.50. The molecule has 0 bridgehead atoms. The zero-order valence-electron chi connectivity index (χ0n) is 12.4. The first kappa shape index (κ1) is 18.3. The zero-order valence-corrected chi connectivity index (χ0v) is 11.4. The van der Waals surface area contributed by atoms with Gasteiger partial charge in [-0.15, -0.1) is 0 Å². The molecule has 0 saturated heterocycles. The van der Waals surface area contributed by atoms with Crippen LogP contribution in [0.25, 0.3) is 0 Å². The van der Waals surface area contributed by atoms with Gasteiger partial charge in [-0.2, -0.15) is 23.5 Å². The fourth-order valence-electron chi connectivity index (χ4n) is 2.08. The van der Waals surface area contributed by atoms with Crippen LogP contribution < -0.4 is 24.3 Å². The van der Waals surface area contributed by atoms with Crippen LogP contribution in [0.5, 0.6) is 0 Å². The molecule has 1 aliphatic heterocycles. The van der Waals surface area contributed by atoms with Crippen molar-refractivity contribution in [1.82, 2.24) is 5.43 Å². The van der Waals surface area contributed by atoms with Crippen molar-refractivity contribution in [3.8, 4) is 6.07 Å². The fourth-order valence-corrected chi connectivity index (χ4v) is 2.08. The Balaban J connectivity index is 0. The molecular formula is C12H19F3LiN3. The van der Waals surface area contributed by atoms with E-state index in [-0.39, 0.29) is 20.3 Å². The standard InChI is InChI=1S/C12H18F3N3.Li.H/c1-2-3-4-5-6-7-10-9(8-16)11(18-17-10)12(13,14)15;;/h9-10,17H,2-7H2,1H3;;/q;+1;-1. The number of nitrogens with one attached hydrogen (secondary N) is 1. The van der Waals surface area contributed by atoms with Gasteiger partial charge >= 0.3 is 25.0 Å². The summed E-state index contributed by atoms with van der Waals surface area (Å²) in [6, 6.07) is 1.22. The molecule has 1 heterocycles. The van der Waals surface area contributed by atoms with E-state index in [1.165, 1.54) is 0 Å². The van der Waals surface area contributed by atoms with E-state index in [9.17, 15) is 13.2 Å². The predicted octanol–water partition coefficient (Wildman–Crippen LogP) is 0.493. The monoisotopic (exact) mass is 269 g/mol. The Morgan fingerprint density at radius 2 is 1.95 bits per heavy atom. The molecule has 1 N–H and O–H groups in total. The van der Waals surface area contributed by atoms with Gasteiger partial charge in [-0.3, -0.25) is 0 Å². The number of hydrogen-bond acceptors (Lipinski definition) is 3. The third-order valence-electron chi connectivity index (χ3n) is 3.10. The average molecular weight is 269 g/mol. The average Bonchev–Trinajstić information content (AvgIpc) is 2.71. The van der Waals surface area contributed by atoms with E-state index in [0.717, 1.165) is 32.1 Å². The molecule has 2 atom stereocenters. The van der Waals surface area contributed by atoms with Crippen LogP contribution in [-0.4, -0.2) is 17.9 Å². The number of halogens is 3. The fraction of sp³-hybridized carbons (Fsp3) is 0.833. The summed E-state index contributed by atoms with van der Waals surface area (Å²) in [6.07, 6.45) is 1.23.